The van der Waals surface area contributed by atoms with Gasteiger partial charge >= 0.3 is 0 Å². The van der Waals surface area contributed by atoms with E-state index in [1.807, 2.05) is 0 Å². The van der Waals surface area contributed by atoms with Gasteiger partial charge in [0.25, 0.3) is 0 Å². The van der Waals surface area contributed by atoms with Crippen LogP contribution in [0.2, 0.25) is 0 Å². The highest BCUT2D eigenvalue weighted by Gasteiger charge is 2.17. The Balaban J connectivity index is 2.27. The van der Waals surface area contributed by atoms with Gasteiger partial charge < -0.3 is 10.0 Å². The Hall–Kier alpha value is 0.270. The van der Waals surface area contributed by atoms with E-state index < -0.39 is 0 Å². The third-order valence-corrected chi connectivity index (χ3v) is 3.94. The van der Waals surface area contributed by atoms with E-state index in [4.69, 9.17) is 5.11 Å². The van der Waals surface area contributed by atoms with Crippen molar-refractivity contribution in [3.8, 4) is 0 Å². The van der Waals surface area contributed by atoms with E-state index in [2.05, 4.69) is 23.6 Å². The van der Waals surface area contributed by atoms with Crippen LogP contribution in [0.25, 0.3) is 0 Å². The third kappa shape index (κ3) is 4.67. The number of likely N-dealkylation sites (tertiary alicyclic amines) is 1. The molecule has 2 nitrogen and oxygen atoms in total. The van der Waals surface area contributed by atoms with E-state index in [1.165, 1.54) is 38.1 Å². The zero-order valence-corrected chi connectivity index (χ0v) is 10.1. The van der Waals surface area contributed by atoms with Gasteiger partial charge in [0.2, 0.25) is 0 Å². The molecule has 0 radical (unpaired) electrons. The summed E-state index contributed by atoms with van der Waals surface area (Å²) in [6.07, 6.45) is 5.04. The number of thioether (sulfide) groups is 1. The standard InChI is InChI=1S/C11H23NOS/c1-2-14-11-6-3-4-7-12(10-11)8-5-9-13/h11,13H,2-10H2,1H3. The molecule has 1 fully saturated rings. The highest BCUT2D eigenvalue weighted by Crippen LogP contribution is 2.21. The summed E-state index contributed by atoms with van der Waals surface area (Å²) in [7, 11) is 0. The van der Waals surface area contributed by atoms with Crippen molar-refractivity contribution in [1.82, 2.24) is 4.90 Å². The molecular weight excluding hydrogens is 194 g/mol. The molecule has 0 aromatic carbocycles. The van der Waals surface area contributed by atoms with Crippen LogP contribution in [0.3, 0.4) is 0 Å². The molecule has 1 aliphatic rings. The SMILES string of the molecule is CCSC1CCCCN(CCCO)C1. The van der Waals surface area contributed by atoms with Crippen molar-refractivity contribution >= 4 is 11.8 Å². The Kier molecular flexibility index (Phi) is 6.65. The van der Waals surface area contributed by atoms with Crippen molar-refractivity contribution < 1.29 is 5.11 Å². The molecule has 0 amide bonds. The van der Waals surface area contributed by atoms with E-state index >= 15 is 0 Å². The van der Waals surface area contributed by atoms with Gasteiger partial charge in [-0.25, -0.2) is 0 Å². The minimum atomic E-state index is 0.335. The van der Waals surface area contributed by atoms with Crippen LogP contribution in [0.15, 0.2) is 0 Å². The predicted molar refractivity (Wildman–Crippen MR) is 63.9 cm³/mol. The van der Waals surface area contributed by atoms with Crippen LogP contribution in [0.1, 0.15) is 32.6 Å². The molecule has 14 heavy (non-hydrogen) atoms. The van der Waals surface area contributed by atoms with Crippen LogP contribution in [0.5, 0.6) is 0 Å². The van der Waals surface area contributed by atoms with E-state index in [0.717, 1.165) is 18.2 Å². The van der Waals surface area contributed by atoms with Gasteiger partial charge in [-0.1, -0.05) is 13.3 Å². The fourth-order valence-corrected chi connectivity index (χ4v) is 3.17. The maximum atomic E-state index is 8.80. The molecule has 1 aliphatic heterocycles. The second-order valence-corrected chi connectivity index (χ2v) is 5.53. The lowest BCUT2D eigenvalue weighted by atomic mass is 10.2. The lowest BCUT2D eigenvalue weighted by molar-refractivity contribution is 0.230. The molecule has 1 atom stereocenters. The molecule has 1 rings (SSSR count). The van der Waals surface area contributed by atoms with Crippen molar-refractivity contribution in [2.45, 2.75) is 37.9 Å². The third-order valence-electron chi connectivity index (χ3n) is 2.75. The first-order chi connectivity index (χ1) is 6.86. The Morgan fingerprint density at radius 3 is 3.00 bits per heavy atom. The fourth-order valence-electron chi connectivity index (χ4n) is 2.05. The Morgan fingerprint density at radius 1 is 1.43 bits per heavy atom. The second-order valence-electron chi connectivity index (χ2n) is 3.95. The van der Waals surface area contributed by atoms with E-state index in [1.54, 1.807) is 0 Å². The zero-order chi connectivity index (χ0) is 10.2. The topological polar surface area (TPSA) is 23.5 Å². The number of aliphatic hydroxyl groups is 1. The summed E-state index contributed by atoms with van der Waals surface area (Å²) >= 11 is 2.10. The molecule has 0 aromatic rings. The first kappa shape index (κ1) is 12.3. The predicted octanol–water partition coefficient (Wildman–Crippen LogP) is 1.98. The first-order valence-electron chi connectivity index (χ1n) is 5.81. The lowest BCUT2D eigenvalue weighted by Gasteiger charge is -2.23. The number of aliphatic hydroxyl groups excluding tert-OH is 1. The largest absolute Gasteiger partial charge is 0.396 e. The molecule has 1 heterocycles. The van der Waals surface area contributed by atoms with Gasteiger partial charge in [-0.15, -0.1) is 0 Å². The molecule has 0 saturated carbocycles. The summed E-state index contributed by atoms with van der Waals surface area (Å²) < 4.78 is 0. The highest BCUT2D eigenvalue weighted by atomic mass is 32.2. The van der Waals surface area contributed by atoms with Gasteiger partial charge in [0.15, 0.2) is 0 Å². The normalized spacial score (nSPS) is 24.9. The minimum absolute atomic E-state index is 0.335. The van der Waals surface area contributed by atoms with Gasteiger partial charge in [-0.3, -0.25) is 0 Å². The Labute approximate surface area is 92.1 Å². The summed E-state index contributed by atoms with van der Waals surface area (Å²) in [4.78, 5) is 2.52. The van der Waals surface area contributed by atoms with E-state index in [9.17, 15) is 0 Å². The average Bonchev–Trinajstić information content (AvgIpc) is 2.41. The van der Waals surface area contributed by atoms with Gasteiger partial charge in [0, 0.05) is 24.9 Å². The van der Waals surface area contributed by atoms with Crippen LogP contribution in [0, 0.1) is 0 Å². The van der Waals surface area contributed by atoms with E-state index in [-0.39, 0.29) is 0 Å². The van der Waals surface area contributed by atoms with Gasteiger partial charge in [-0.2, -0.15) is 11.8 Å². The molecule has 1 saturated heterocycles. The van der Waals surface area contributed by atoms with Gasteiger partial charge in [0.1, 0.15) is 0 Å². The molecule has 0 spiro atoms. The number of hydrogen-bond acceptors (Lipinski definition) is 3. The minimum Gasteiger partial charge on any atom is -0.396 e. The molecule has 0 aliphatic carbocycles. The molecular formula is C11H23NOS. The fraction of sp³-hybridized carbons (Fsp3) is 1.00. The zero-order valence-electron chi connectivity index (χ0n) is 9.24. The van der Waals surface area contributed by atoms with Gasteiger partial charge in [-0.05, 0) is 31.6 Å². The van der Waals surface area contributed by atoms with Crippen molar-refractivity contribution in [3.05, 3.63) is 0 Å². The van der Waals surface area contributed by atoms with E-state index in [0.29, 0.717) is 6.61 Å². The number of nitrogens with zero attached hydrogens (tertiary/aromatic N) is 1. The molecule has 84 valence electrons. The maximum absolute atomic E-state index is 8.80. The van der Waals surface area contributed by atoms with Crippen molar-refractivity contribution in [2.75, 3.05) is 32.0 Å². The Morgan fingerprint density at radius 2 is 2.29 bits per heavy atom. The van der Waals surface area contributed by atoms with Crippen LogP contribution < -0.4 is 0 Å². The van der Waals surface area contributed by atoms with Crippen LogP contribution in [0.4, 0.5) is 0 Å². The highest BCUT2D eigenvalue weighted by molar-refractivity contribution is 7.99. The average molecular weight is 217 g/mol. The monoisotopic (exact) mass is 217 g/mol. The smallest absolute Gasteiger partial charge is 0.0443 e. The molecule has 0 bridgehead atoms. The molecule has 1 unspecified atom stereocenters. The summed E-state index contributed by atoms with van der Waals surface area (Å²) in [5, 5.41) is 9.64. The van der Waals surface area contributed by atoms with Crippen molar-refractivity contribution in [1.29, 1.82) is 0 Å². The van der Waals surface area contributed by atoms with Crippen molar-refractivity contribution in [3.63, 3.8) is 0 Å². The Bertz CT molecular complexity index is 143. The first-order valence-corrected chi connectivity index (χ1v) is 6.86. The molecule has 0 aromatic heterocycles. The lowest BCUT2D eigenvalue weighted by Crippen LogP contribution is -2.31. The van der Waals surface area contributed by atoms with Crippen LogP contribution in [-0.2, 0) is 0 Å². The van der Waals surface area contributed by atoms with Crippen LogP contribution >= 0.6 is 11.8 Å². The maximum Gasteiger partial charge on any atom is 0.0443 e. The second kappa shape index (κ2) is 7.55. The summed E-state index contributed by atoms with van der Waals surface area (Å²) in [5.74, 6) is 1.23. The summed E-state index contributed by atoms with van der Waals surface area (Å²) in [5.41, 5.74) is 0. The van der Waals surface area contributed by atoms with Crippen molar-refractivity contribution in [2.24, 2.45) is 0 Å². The number of hydrogen-bond donors (Lipinski definition) is 1. The molecule has 3 heteroatoms. The summed E-state index contributed by atoms with van der Waals surface area (Å²) in [6.45, 7) is 6.13. The van der Waals surface area contributed by atoms with Crippen LogP contribution in [-0.4, -0.2) is 47.3 Å². The van der Waals surface area contributed by atoms with Gasteiger partial charge in [0.05, 0.1) is 0 Å². The molecule has 1 N–H and O–H groups in total. The number of rotatable bonds is 5. The quantitative estimate of drug-likeness (QED) is 0.762. The summed E-state index contributed by atoms with van der Waals surface area (Å²) in [6, 6.07) is 0.